The predicted molar refractivity (Wildman–Crippen MR) is 85.8 cm³/mol. The smallest absolute Gasteiger partial charge is 0.155 e. The second-order valence-electron chi connectivity index (χ2n) is 8.62. The van der Waals surface area contributed by atoms with E-state index in [2.05, 4.69) is 32.9 Å². The standard InChI is InChI=1S/C20H28O/c1-13-11-15(21)12-14-6-7-16-17-5-4-9-19(17,2)10-8-18(16)20(13,14)3/h4,9,12-13,16-18H,5-8,10-11H2,1-3H3/t13-,16+,17+,18-,19+,20-/m1/s1. The summed E-state index contributed by atoms with van der Waals surface area (Å²) in [5.41, 5.74) is 2.25. The fourth-order valence-electron chi connectivity index (χ4n) is 6.42. The summed E-state index contributed by atoms with van der Waals surface area (Å²) in [6.45, 7) is 7.30. The van der Waals surface area contributed by atoms with Crippen LogP contribution in [0, 0.1) is 34.5 Å². The Morgan fingerprint density at radius 3 is 2.81 bits per heavy atom. The molecule has 21 heavy (non-hydrogen) atoms. The highest BCUT2D eigenvalue weighted by Gasteiger charge is 2.56. The van der Waals surface area contributed by atoms with Crippen molar-refractivity contribution >= 4 is 5.78 Å². The first kappa shape index (κ1) is 13.8. The Balaban J connectivity index is 1.73. The SMILES string of the molecule is C[C@@H]1CC(=O)C=C2CC[C@@H]3[C@@H](CC[C@]4(C)C=CC[C@@H]34)[C@@]21C. The van der Waals surface area contributed by atoms with Crippen molar-refractivity contribution in [2.45, 2.75) is 59.3 Å². The zero-order valence-corrected chi connectivity index (χ0v) is 13.7. The number of hydrogen-bond donors (Lipinski definition) is 0. The van der Waals surface area contributed by atoms with Crippen molar-refractivity contribution in [3.63, 3.8) is 0 Å². The van der Waals surface area contributed by atoms with E-state index < -0.39 is 0 Å². The molecule has 4 aliphatic rings. The van der Waals surface area contributed by atoms with Gasteiger partial charge in [-0.05, 0) is 72.7 Å². The van der Waals surface area contributed by atoms with Crippen LogP contribution in [0.25, 0.3) is 0 Å². The van der Waals surface area contributed by atoms with Gasteiger partial charge in [0, 0.05) is 6.42 Å². The molecule has 0 aromatic heterocycles. The van der Waals surface area contributed by atoms with E-state index >= 15 is 0 Å². The molecule has 2 fully saturated rings. The third-order valence-electron chi connectivity index (χ3n) is 7.84. The summed E-state index contributed by atoms with van der Waals surface area (Å²) in [6.07, 6.45) is 14.2. The van der Waals surface area contributed by atoms with Gasteiger partial charge < -0.3 is 0 Å². The number of hydrogen-bond acceptors (Lipinski definition) is 1. The molecule has 0 spiro atoms. The normalized spacial score (nSPS) is 52.0. The Labute approximate surface area is 128 Å². The van der Waals surface area contributed by atoms with Crippen molar-refractivity contribution < 1.29 is 4.79 Å². The molecule has 0 unspecified atom stereocenters. The van der Waals surface area contributed by atoms with Gasteiger partial charge in [-0.3, -0.25) is 4.79 Å². The summed E-state index contributed by atoms with van der Waals surface area (Å²) in [5, 5.41) is 0. The lowest BCUT2D eigenvalue weighted by molar-refractivity contribution is -0.119. The molecule has 114 valence electrons. The van der Waals surface area contributed by atoms with Crippen LogP contribution >= 0.6 is 0 Å². The third kappa shape index (κ3) is 1.72. The lowest BCUT2D eigenvalue weighted by Gasteiger charge is -2.59. The Kier molecular flexibility index (Phi) is 2.85. The predicted octanol–water partition coefficient (Wildman–Crippen LogP) is 4.93. The Morgan fingerprint density at radius 2 is 2.00 bits per heavy atom. The molecule has 4 aliphatic carbocycles. The molecule has 0 amide bonds. The van der Waals surface area contributed by atoms with Gasteiger partial charge in [0.05, 0.1) is 0 Å². The lowest BCUT2D eigenvalue weighted by Crippen LogP contribution is -2.52. The maximum Gasteiger partial charge on any atom is 0.155 e. The van der Waals surface area contributed by atoms with Gasteiger partial charge in [0.15, 0.2) is 5.78 Å². The van der Waals surface area contributed by atoms with Crippen molar-refractivity contribution in [3.05, 3.63) is 23.8 Å². The summed E-state index contributed by atoms with van der Waals surface area (Å²) in [5.74, 6) is 3.43. The number of carbonyl (C=O) groups is 1. The Morgan fingerprint density at radius 1 is 1.19 bits per heavy atom. The van der Waals surface area contributed by atoms with Crippen molar-refractivity contribution in [1.82, 2.24) is 0 Å². The monoisotopic (exact) mass is 284 g/mol. The van der Waals surface area contributed by atoms with Crippen LogP contribution in [0.2, 0.25) is 0 Å². The fraction of sp³-hybridized carbons (Fsp3) is 0.750. The first-order chi connectivity index (χ1) is 9.95. The van der Waals surface area contributed by atoms with Gasteiger partial charge in [-0.1, -0.05) is 38.5 Å². The van der Waals surface area contributed by atoms with Gasteiger partial charge >= 0.3 is 0 Å². The molecule has 0 bridgehead atoms. The molecule has 4 rings (SSSR count). The number of allylic oxidation sites excluding steroid dienone is 4. The number of rotatable bonds is 0. The molecule has 0 saturated heterocycles. The molecule has 0 aromatic rings. The molecule has 6 atom stereocenters. The van der Waals surface area contributed by atoms with Crippen LogP contribution in [-0.2, 0) is 4.79 Å². The zero-order valence-electron chi connectivity index (χ0n) is 13.7. The van der Waals surface area contributed by atoms with Crippen molar-refractivity contribution in [3.8, 4) is 0 Å². The highest BCUT2D eigenvalue weighted by molar-refractivity contribution is 5.92. The van der Waals surface area contributed by atoms with Crippen LogP contribution < -0.4 is 0 Å². The highest BCUT2D eigenvalue weighted by Crippen LogP contribution is 2.64. The number of carbonyl (C=O) groups excluding carboxylic acids is 1. The van der Waals surface area contributed by atoms with Crippen LogP contribution in [0.1, 0.15) is 59.3 Å². The first-order valence-corrected chi connectivity index (χ1v) is 8.87. The van der Waals surface area contributed by atoms with E-state index in [-0.39, 0.29) is 0 Å². The van der Waals surface area contributed by atoms with Crippen LogP contribution in [0.3, 0.4) is 0 Å². The minimum Gasteiger partial charge on any atom is -0.295 e. The fourth-order valence-corrected chi connectivity index (χ4v) is 6.42. The van der Waals surface area contributed by atoms with Gasteiger partial charge in [-0.15, -0.1) is 0 Å². The Hall–Kier alpha value is -0.850. The lowest BCUT2D eigenvalue weighted by atomic mass is 9.45. The van der Waals surface area contributed by atoms with Crippen LogP contribution in [0.4, 0.5) is 0 Å². The van der Waals surface area contributed by atoms with Crippen molar-refractivity contribution in [2.75, 3.05) is 0 Å². The van der Waals surface area contributed by atoms with Gasteiger partial charge in [-0.25, -0.2) is 0 Å². The van der Waals surface area contributed by atoms with E-state index in [1.165, 1.54) is 37.7 Å². The minimum absolute atomic E-state index is 0.292. The largest absolute Gasteiger partial charge is 0.295 e. The summed E-state index contributed by atoms with van der Waals surface area (Å²) < 4.78 is 0. The summed E-state index contributed by atoms with van der Waals surface area (Å²) >= 11 is 0. The molecule has 0 radical (unpaired) electrons. The molecule has 0 aromatic carbocycles. The first-order valence-electron chi connectivity index (χ1n) is 8.87. The van der Waals surface area contributed by atoms with E-state index in [9.17, 15) is 4.79 Å². The summed E-state index contributed by atoms with van der Waals surface area (Å²) in [4.78, 5) is 12.0. The average Bonchev–Trinajstić information content (AvgIpc) is 2.82. The second kappa shape index (κ2) is 4.33. The Bertz CT molecular complexity index is 542. The summed E-state index contributed by atoms with van der Waals surface area (Å²) in [6, 6.07) is 0. The van der Waals surface area contributed by atoms with Crippen LogP contribution in [-0.4, -0.2) is 5.78 Å². The molecule has 0 heterocycles. The van der Waals surface area contributed by atoms with Gasteiger partial charge in [0.25, 0.3) is 0 Å². The maximum atomic E-state index is 12.0. The topological polar surface area (TPSA) is 17.1 Å². The van der Waals surface area contributed by atoms with E-state index in [1.807, 2.05) is 6.08 Å². The maximum absolute atomic E-state index is 12.0. The van der Waals surface area contributed by atoms with E-state index in [0.717, 1.165) is 24.2 Å². The molecular formula is C20H28O. The summed E-state index contributed by atoms with van der Waals surface area (Å²) in [7, 11) is 0. The molecule has 0 aliphatic heterocycles. The number of fused-ring (bicyclic) bond motifs is 5. The highest BCUT2D eigenvalue weighted by atomic mass is 16.1. The van der Waals surface area contributed by atoms with Gasteiger partial charge in [0.2, 0.25) is 0 Å². The van der Waals surface area contributed by atoms with Crippen molar-refractivity contribution in [2.24, 2.45) is 34.5 Å². The van der Waals surface area contributed by atoms with E-state index in [0.29, 0.717) is 22.5 Å². The van der Waals surface area contributed by atoms with Gasteiger partial charge in [0.1, 0.15) is 0 Å². The van der Waals surface area contributed by atoms with E-state index in [4.69, 9.17) is 0 Å². The number of ketones is 1. The third-order valence-corrected chi connectivity index (χ3v) is 7.84. The molecular weight excluding hydrogens is 256 g/mol. The van der Waals surface area contributed by atoms with E-state index in [1.54, 1.807) is 0 Å². The minimum atomic E-state index is 0.292. The quantitative estimate of drug-likeness (QED) is 0.576. The van der Waals surface area contributed by atoms with Crippen LogP contribution in [0.5, 0.6) is 0 Å². The van der Waals surface area contributed by atoms with Crippen LogP contribution in [0.15, 0.2) is 23.8 Å². The average molecular weight is 284 g/mol. The molecule has 2 saturated carbocycles. The molecule has 1 heteroatoms. The zero-order chi connectivity index (χ0) is 14.8. The molecule has 1 nitrogen and oxygen atoms in total. The van der Waals surface area contributed by atoms with Gasteiger partial charge in [-0.2, -0.15) is 0 Å². The van der Waals surface area contributed by atoms with Crippen molar-refractivity contribution in [1.29, 1.82) is 0 Å². The molecule has 0 N–H and O–H groups in total. The second-order valence-corrected chi connectivity index (χ2v) is 8.62.